The molecule has 3 aromatic rings. The molecule has 0 radical (unpaired) electrons. The fourth-order valence-corrected chi connectivity index (χ4v) is 3.71. The van der Waals surface area contributed by atoms with Gasteiger partial charge in [-0.05, 0) is 61.4 Å². The number of ketones is 1. The summed E-state index contributed by atoms with van der Waals surface area (Å²) < 4.78 is 18.7. The van der Waals surface area contributed by atoms with E-state index >= 15 is 0 Å². The highest BCUT2D eigenvalue weighted by Crippen LogP contribution is 2.37. The van der Waals surface area contributed by atoms with E-state index in [1.807, 2.05) is 0 Å². The van der Waals surface area contributed by atoms with E-state index in [1.54, 1.807) is 4.90 Å². The molecule has 1 N–H and O–H groups in total. The Bertz CT molecular complexity index is 1230. The van der Waals surface area contributed by atoms with Crippen LogP contribution in [-0.4, -0.2) is 44.8 Å². The molecule has 0 unspecified atom stereocenters. The smallest absolute Gasteiger partial charge is 0.373 e. The molecule has 1 fully saturated rings. The number of rotatable bonds is 7. The van der Waals surface area contributed by atoms with Crippen LogP contribution >= 0.6 is 0 Å². The SMILES string of the molecule is O=C(c1ccc(F)cc1)c1ccc(Oc2ncnc(N3CCC(C(=O)O)CC3)c2[N+](=O)[O-])cc1. The lowest BCUT2D eigenvalue weighted by atomic mass is 9.97. The largest absolute Gasteiger partial charge is 0.481 e. The Morgan fingerprint density at radius 1 is 1.03 bits per heavy atom. The summed E-state index contributed by atoms with van der Waals surface area (Å²) in [6.07, 6.45) is 1.83. The number of piperidine rings is 1. The molecule has 10 nitrogen and oxygen atoms in total. The highest BCUT2D eigenvalue weighted by molar-refractivity contribution is 6.09. The summed E-state index contributed by atoms with van der Waals surface area (Å²) in [4.78, 5) is 44.5. The standard InChI is InChI=1S/C23H19FN4O6/c24-17-5-1-14(2-6-17)20(29)15-3-7-18(8-4-15)34-22-19(28(32)33)21(25-13-26-22)27-11-9-16(10-12-27)23(30)31/h1-8,13,16H,9-12H2,(H,30,31). The first-order valence-electron chi connectivity index (χ1n) is 10.4. The van der Waals surface area contributed by atoms with Crippen LogP contribution in [0.4, 0.5) is 15.9 Å². The van der Waals surface area contributed by atoms with Crippen LogP contribution in [0.1, 0.15) is 28.8 Å². The van der Waals surface area contributed by atoms with Crippen LogP contribution in [0.3, 0.4) is 0 Å². The van der Waals surface area contributed by atoms with E-state index in [4.69, 9.17) is 9.84 Å². The zero-order valence-corrected chi connectivity index (χ0v) is 17.8. The number of carboxylic acid groups (broad SMARTS) is 1. The first-order valence-corrected chi connectivity index (χ1v) is 10.4. The Labute approximate surface area is 192 Å². The fourth-order valence-electron chi connectivity index (χ4n) is 3.71. The Morgan fingerprint density at radius 2 is 1.62 bits per heavy atom. The minimum absolute atomic E-state index is 0.0574. The van der Waals surface area contributed by atoms with E-state index in [-0.39, 0.29) is 23.2 Å². The second-order valence-corrected chi connectivity index (χ2v) is 7.67. The molecule has 0 bridgehead atoms. The molecule has 0 aliphatic carbocycles. The summed E-state index contributed by atoms with van der Waals surface area (Å²) >= 11 is 0. The van der Waals surface area contributed by atoms with Crippen molar-refractivity contribution in [2.24, 2.45) is 5.92 Å². The number of halogens is 1. The van der Waals surface area contributed by atoms with Crippen molar-refractivity contribution >= 4 is 23.3 Å². The summed E-state index contributed by atoms with van der Waals surface area (Å²) in [7, 11) is 0. The predicted molar refractivity (Wildman–Crippen MR) is 118 cm³/mol. The first kappa shape index (κ1) is 22.8. The maximum absolute atomic E-state index is 13.1. The Kier molecular flexibility index (Phi) is 6.44. The lowest BCUT2D eigenvalue weighted by Gasteiger charge is -2.30. The van der Waals surface area contributed by atoms with Gasteiger partial charge in [0.25, 0.3) is 0 Å². The van der Waals surface area contributed by atoms with E-state index in [2.05, 4.69) is 9.97 Å². The molecule has 174 valence electrons. The third-order valence-electron chi connectivity index (χ3n) is 5.53. The van der Waals surface area contributed by atoms with Crippen molar-refractivity contribution in [2.75, 3.05) is 18.0 Å². The number of hydrogen-bond acceptors (Lipinski definition) is 8. The van der Waals surface area contributed by atoms with Crippen molar-refractivity contribution in [3.8, 4) is 11.6 Å². The molecule has 0 spiro atoms. The molecule has 0 atom stereocenters. The number of ether oxygens (including phenoxy) is 1. The van der Waals surface area contributed by atoms with Crippen LogP contribution in [0.25, 0.3) is 0 Å². The van der Waals surface area contributed by atoms with E-state index in [0.717, 1.165) is 6.33 Å². The number of aliphatic carboxylic acids is 1. The van der Waals surface area contributed by atoms with Gasteiger partial charge < -0.3 is 14.7 Å². The number of carbonyl (C=O) groups is 2. The molecular formula is C23H19FN4O6. The molecule has 1 aliphatic rings. The molecular weight excluding hydrogens is 447 g/mol. The minimum Gasteiger partial charge on any atom is -0.481 e. The summed E-state index contributed by atoms with van der Waals surface area (Å²) in [5.41, 5.74) is 0.221. The number of aromatic nitrogens is 2. The van der Waals surface area contributed by atoms with Crippen LogP contribution in [-0.2, 0) is 4.79 Å². The summed E-state index contributed by atoms with van der Waals surface area (Å²) in [6, 6.07) is 11.1. The van der Waals surface area contributed by atoms with Crippen LogP contribution in [0.2, 0.25) is 0 Å². The topological polar surface area (TPSA) is 136 Å². The summed E-state index contributed by atoms with van der Waals surface area (Å²) in [6.45, 7) is 0.600. The fraction of sp³-hybridized carbons (Fsp3) is 0.217. The van der Waals surface area contributed by atoms with Crippen molar-refractivity contribution in [1.29, 1.82) is 0 Å². The van der Waals surface area contributed by atoms with Crippen LogP contribution in [0, 0.1) is 21.8 Å². The van der Waals surface area contributed by atoms with E-state index in [0.29, 0.717) is 37.1 Å². The highest BCUT2D eigenvalue weighted by atomic mass is 19.1. The summed E-state index contributed by atoms with van der Waals surface area (Å²) in [5.74, 6) is -2.14. The predicted octanol–water partition coefficient (Wildman–Crippen LogP) is 3.85. The minimum atomic E-state index is -0.887. The monoisotopic (exact) mass is 466 g/mol. The molecule has 1 saturated heterocycles. The molecule has 0 saturated carbocycles. The van der Waals surface area contributed by atoms with Gasteiger partial charge in [-0.3, -0.25) is 19.7 Å². The number of carboxylic acids is 1. The van der Waals surface area contributed by atoms with Crippen LogP contribution < -0.4 is 9.64 Å². The number of nitrogens with zero attached hydrogens (tertiary/aromatic N) is 4. The molecule has 11 heteroatoms. The van der Waals surface area contributed by atoms with Gasteiger partial charge in [0.1, 0.15) is 17.9 Å². The maximum Gasteiger partial charge on any atom is 0.373 e. The number of nitro groups is 1. The lowest BCUT2D eigenvalue weighted by Crippen LogP contribution is -2.37. The van der Waals surface area contributed by atoms with E-state index in [1.165, 1.54) is 48.5 Å². The third-order valence-corrected chi connectivity index (χ3v) is 5.53. The molecule has 34 heavy (non-hydrogen) atoms. The van der Waals surface area contributed by atoms with Gasteiger partial charge in [0.05, 0.1) is 10.8 Å². The zero-order valence-electron chi connectivity index (χ0n) is 17.8. The molecule has 2 aromatic carbocycles. The van der Waals surface area contributed by atoms with Crippen molar-refractivity contribution in [3.05, 3.63) is 81.9 Å². The van der Waals surface area contributed by atoms with Gasteiger partial charge in [0.15, 0.2) is 5.78 Å². The summed E-state index contributed by atoms with van der Waals surface area (Å²) in [5, 5.41) is 21.0. The zero-order chi connectivity index (χ0) is 24.2. The van der Waals surface area contributed by atoms with Crippen LogP contribution in [0.5, 0.6) is 11.6 Å². The second-order valence-electron chi connectivity index (χ2n) is 7.67. The van der Waals surface area contributed by atoms with Crippen molar-refractivity contribution in [3.63, 3.8) is 0 Å². The van der Waals surface area contributed by atoms with Crippen molar-refractivity contribution in [2.45, 2.75) is 12.8 Å². The molecule has 4 rings (SSSR count). The quantitative estimate of drug-likeness (QED) is 0.313. The van der Waals surface area contributed by atoms with E-state index in [9.17, 15) is 24.1 Å². The van der Waals surface area contributed by atoms with Crippen molar-refractivity contribution in [1.82, 2.24) is 9.97 Å². The number of hydrogen-bond donors (Lipinski definition) is 1. The number of anilines is 1. The van der Waals surface area contributed by atoms with Crippen LogP contribution in [0.15, 0.2) is 54.9 Å². The molecule has 2 heterocycles. The van der Waals surface area contributed by atoms with Gasteiger partial charge in [0.2, 0.25) is 5.82 Å². The van der Waals surface area contributed by atoms with Gasteiger partial charge in [0, 0.05) is 24.2 Å². The molecule has 1 aromatic heterocycles. The Morgan fingerprint density at radius 3 is 2.18 bits per heavy atom. The normalized spacial score (nSPS) is 14.0. The third kappa shape index (κ3) is 4.82. The number of benzene rings is 2. The van der Waals surface area contributed by atoms with E-state index < -0.39 is 28.3 Å². The second kappa shape index (κ2) is 9.61. The number of carbonyl (C=O) groups excluding carboxylic acids is 1. The Hall–Kier alpha value is -4.41. The molecule has 0 amide bonds. The average molecular weight is 466 g/mol. The van der Waals surface area contributed by atoms with Gasteiger partial charge in [-0.25, -0.2) is 9.37 Å². The highest BCUT2D eigenvalue weighted by Gasteiger charge is 2.32. The maximum atomic E-state index is 13.1. The van der Waals surface area contributed by atoms with Gasteiger partial charge >= 0.3 is 17.5 Å². The average Bonchev–Trinajstić information content (AvgIpc) is 2.84. The Balaban J connectivity index is 1.54. The first-order chi connectivity index (χ1) is 16.3. The lowest BCUT2D eigenvalue weighted by molar-refractivity contribution is -0.385. The van der Waals surface area contributed by atoms with Crippen molar-refractivity contribution < 1.29 is 28.7 Å². The van der Waals surface area contributed by atoms with Gasteiger partial charge in [-0.2, -0.15) is 4.98 Å². The molecule has 1 aliphatic heterocycles. The van der Waals surface area contributed by atoms with Gasteiger partial charge in [-0.1, -0.05) is 0 Å². The van der Waals surface area contributed by atoms with Gasteiger partial charge in [-0.15, -0.1) is 0 Å².